The van der Waals surface area contributed by atoms with Crippen LogP contribution in [0, 0.1) is 16.0 Å². The van der Waals surface area contributed by atoms with E-state index in [1.165, 1.54) is 12.3 Å². The molecule has 2 atom stereocenters. The van der Waals surface area contributed by atoms with Gasteiger partial charge in [0.15, 0.2) is 0 Å². The van der Waals surface area contributed by atoms with Crippen LogP contribution < -0.4 is 5.32 Å². The van der Waals surface area contributed by atoms with Crippen molar-refractivity contribution >= 4 is 27.5 Å². The molecule has 0 aliphatic heterocycles. The average molecular weight is 304 g/mol. The lowest BCUT2D eigenvalue weighted by molar-refractivity contribution is -0.384. The number of carbonyl (C=O) groups is 1. The molecule has 0 fully saturated rings. The van der Waals surface area contributed by atoms with E-state index in [4.69, 9.17) is 0 Å². The maximum atomic E-state index is 11.7. The Balaban J connectivity index is 2.66. The highest BCUT2D eigenvalue weighted by Gasteiger charge is 2.18. The number of hydrogen-bond acceptors (Lipinski definition) is 3. The first-order valence-corrected chi connectivity index (χ1v) is 6.27. The lowest BCUT2D eigenvalue weighted by Crippen LogP contribution is -2.37. The summed E-state index contributed by atoms with van der Waals surface area (Å²) in [6.07, 6.45) is 1.20. The Hall–Kier alpha value is -1.37. The van der Waals surface area contributed by atoms with Gasteiger partial charge in [-0.05, 0) is 12.8 Å². The van der Waals surface area contributed by atoms with Crippen molar-refractivity contribution in [1.29, 1.82) is 0 Å². The number of alkyl halides is 1. The Morgan fingerprint density at radius 3 is 2.76 bits per heavy atom. The van der Waals surface area contributed by atoms with E-state index >= 15 is 0 Å². The fourth-order valence-electron chi connectivity index (χ4n) is 1.18. The molecule has 17 heavy (non-hydrogen) atoms. The van der Waals surface area contributed by atoms with Crippen LogP contribution in [-0.2, 0) is 0 Å². The molecule has 0 saturated heterocycles. The van der Waals surface area contributed by atoms with Gasteiger partial charge < -0.3 is 10.3 Å². The van der Waals surface area contributed by atoms with Gasteiger partial charge in [-0.1, -0.05) is 22.9 Å². The second-order valence-electron chi connectivity index (χ2n) is 3.92. The molecule has 6 nitrogen and oxygen atoms in total. The Bertz CT molecular complexity index is 419. The molecule has 0 aliphatic carbocycles. The van der Waals surface area contributed by atoms with Gasteiger partial charge in [0.1, 0.15) is 5.69 Å². The molecule has 94 valence electrons. The number of carbonyl (C=O) groups excluding carboxylic acids is 1. The predicted molar refractivity (Wildman–Crippen MR) is 67.3 cm³/mol. The van der Waals surface area contributed by atoms with Crippen LogP contribution in [0.15, 0.2) is 12.3 Å². The molecule has 1 aromatic heterocycles. The van der Waals surface area contributed by atoms with Gasteiger partial charge in [0.05, 0.1) is 11.1 Å². The van der Waals surface area contributed by atoms with Gasteiger partial charge in [0, 0.05) is 17.4 Å². The molecule has 0 aliphatic rings. The Morgan fingerprint density at radius 2 is 2.29 bits per heavy atom. The molecule has 0 saturated carbocycles. The van der Waals surface area contributed by atoms with Crippen LogP contribution in [0.1, 0.15) is 24.3 Å². The summed E-state index contributed by atoms with van der Waals surface area (Å²) in [5.74, 6) is -0.0534. The van der Waals surface area contributed by atoms with E-state index in [1.54, 1.807) is 0 Å². The van der Waals surface area contributed by atoms with Gasteiger partial charge in [-0.3, -0.25) is 14.9 Å². The minimum atomic E-state index is -0.544. The van der Waals surface area contributed by atoms with Gasteiger partial charge in [-0.2, -0.15) is 0 Å². The van der Waals surface area contributed by atoms with Crippen molar-refractivity contribution in [3.8, 4) is 0 Å². The van der Waals surface area contributed by atoms with E-state index in [9.17, 15) is 14.9 Å². The number of aromatic nitrogens is 1. The number of rotatable bonds is 5. The highest BCUT2D eigenvalue weighted by atomic mass is 79.9. The standard InChI is InChI=1S/C10H14BrN3O3/c1-6(4-11)7(2)13-10(15)9-3-8(5-12-9)14(16)17/h3,5-7,12H,4H2,1-2H3,(H,13,15). The third kappa shape index (κ3) is 3.55. The normalized spacial score (nSPS) is 14.1. The molecule has 7 heteroatoms. The highest BCUT2D eigenvalue weighted by molar-refractivity contribution is 9.09. The van der Waals surface area contributed by atoms with Crippen molar-refractivity contribution in [3.05, 3.63) is 28.1 Å². The molecule has 0 spiro atoms. The molecule has 1 aromatic rings. The molecule has 0 radical (unpaired) electrons. The molecule has 1 heterocycles. The van der Waals surface area contributed by atoms with Crippen LogP contribution in [0.4, 0.5) is 5.69 Å². The Kier molecular flexibility index (Phi) is 4.68. The van der Waals surface area contributed by atoms with E-state index in [2.05, 4.69) is 26.2 Å². The largest absolute Gasteiger partial charge is 0.351 e. The van der Waals surface area contributed by atoms with Crippen molar-refractivity contribution in [2.24, 2.45) is 5.92 Å². The zero-order valence-corrected chi connectivity index (χ0v) is 11.2. The predicted octanol–water partition coefficient (Wildman–Crippen LogP) is 2.07. The molecule has 0 bridgehead atoms. The van der Waals surface area contributed by atoms with Crippen molar-refractivity contribution in [1.82, 2.24) is 10.3 Å². The first kappa shape index (κ1) is 13.7. The third-order valence-corrected chi connectivity index (χ3v) is 3.60. The minimum absolute atomic E-state index is 0.00997. The van der Waals surface area contributed by atoms with Gasteiger partial charge in [-0.25, -0.2) is 0 Å². The summed E-state index contributed by atoms with van der Waals surface area (Å²) in [5.41, 5.74) is 0.0849. The second-order valence-corrected chi connectivity index (χ2v) is 4.57. The summed E-state index contributed by atoms with van der Waals surface area (Å²) in [6, 6.07) is 1.21. The molecular weight excluding hydrogens is 290 g/mol. The van der Waals surface area contributed by atoms with Gasteiger partial charge in [-0.15, -0.1) is 0 Å². The van der Waals surface area contributed by atoms with E-state index in [0.29, 0.717) is 0 Å². The quantitative estimate of drug-likeness (QED) is 0.496. The first-order valence-electron chi connectivity index (χ1n) is 5.15. The van der Waals surface area contributed by atoms with Crippen LogP contribution in [0.25, 0.3) is 0 Å². The average Bonchev–Trinajstić information content (AvgIpc) is 2.77. The minimum Gasteiger partial charge on any atom is -0.351 e. The molecule has 2 N–H and O–H groups in total. The summed E-state index contributed by atoms with van der Waals surface area (Å²) >= 11 is 3.34. The van der Waals surface area contributed by atoms with Crippen LogP contribution in [0.2, 0.25) is 0 Å². The second kappa shape index (κ2) is 5.81. The van der Waals surface area contributed by atoms with E-state index in [1.807, 2.05) is 13.8 Å². The maximum Gasteiger partial charge on any atom is 0.287 e. The lowest BCUT2D eigenvalue weighted by Gasteiger charge is -2.18. The van der Waals surface area contributed by atoms with Gasteiger partial charge >= 0.3 is 0 Å². The zero-order chi connectivity index (χ0) is 13.0. The van der Waals surface area contributed by atoms with Crippen molar-refractivity contribution in [2.75, 3.05) is 5.33 Å². The monoisotopic (exact) mass is 303 g/mol. The van der Waals surface area contributed by atoms with Crippen molar-refractivity contribution in [3.63, 3.8) is 0 Å². The summed E-state index contributed by atoms with van der Waals surface area (Å²) in [6.45, 7) is 3.89. The fourth-order valence-corrected chi connectivity index (χ4v) is 1.74. The molecule has 0 aromatic carbocycles. The van der Waals surface area contributed by atoms with Crippen LogP contribution in [-0.4, -0.2) is 27.2 Å². The summed E-state index contributed by atoms with van der Waals surface area (Å²) < 4.78 is 0. The first-order chi connectivity index (χ1) is 7.95. The van der Waals surface area contributed by atoms with Gasteiger partial charge in [0.2, 0.25) is 0 Å². The maximum absolute atomic E-state index is 11.7. The Labute approximate surface area is 107 Å². The van der Waals surface area contributed by atoms with E-state index in [0.717, 1.165) is 5.33 Å². The fraction of sp³-hybridized carbons (Fsp3) is 0.500. The number of hydrogen-bond donors (Lipinski definition) is 2. The van der Waals surface area contributed by atoms with Crippen LogP contribution >= 0.6 is 15.9 Å². The molecular formula is C10H14BrN3O3. The SMILES string of the molecule is CC(CBr)C(C)NC(=O)c1cc([N+](=O)[O-])c[nH]1. The lowest BCUT2D eigenvalue weighted by atomic mass is 10.1. The summed E-state index contributed by atoms with van der Waals surface area (Å²) in [7, 11) is 0. The van der Waals surface area contributed by atoms with E-state index < -0.39 is 4.92 Å². The van der Waals surface area contributed by atoms with Crippen molar-refractivity contribution in [2.45, 2.75) is 19.9 Å². The van der Waals surface area contributed by atoms with Crippen molar-refractivity contribution < 1.29 is 9.72 Å². The third-order valence-electron chi connectivity index (χ3n) is 2.58. The number of halogens is 1. The number of H-pyrrole nitrogens is 1. The Morgan fingerprint density at radius 1 is 1.65 bits per heavy atom. The van der Waals surface area contributed by atoms with Crippen LogP contribution in [0.3, 0.4) is 0 Å². The number of amides is 1. The molecule has 1 amide bonds. The highest BCUT2D eigenvalue weighted by Crippen LogP contribution is 2.13. The topological polar surface area (TPSA) is 88.0 Å². The zero-order valence-electron chi connectivity index (χ0n) is 9.57. The molecule has 1 rings (SSSR count). The number of nitrogens with one attached hydrogen (secondary N) is 2. The molecule has 2 unspecified atom stereocenters. The number of nitro groups is 1. The number of nitrogens with zero attached hydrogens (tertiary/aromatic N) is 1. The van der Waals surface area contributed by atoms with Gasteiger partial charge in [0.25, 0.3) is 11.6 Å². The van der Waals surface area contributed by atoms with Crippen LogP contribution in [0.5, 0.6) is 0 Å². The smallest absolute Gasteiger partial charge is 0.287 e. The summed E-state index contributed by atoms with van der Waals surface area (Å²) in [4.78, 5) is 24.2. The van der Waals surface area contributed by atoms with E-state index in [-0.39, 0.29) is 29.2 Å². The number of aromatic amines is 1. The summed E-state index contributed by atoms with van der Waals surface area (Å²) in [5, 5.41) is 14.0.